The van der Waals surface area contributed by atoms with Crippen LogP contribution in [0.15, 0.2) is 12.4 Å². The number of hydrogen-bond donors (Lipinski definition) is 1. The van der Waals surface area contributed by atoms with Gasteiger partial charge in [-0.15, -0.1) is 0 Å². The van der Waals surface area contributed by atoms with Gasteiger partial charge in [0.2, 0.25) is 5.91 Å². The van der Waals surface area contributed by atoms with Crippen LogP contribution in [0, 0.1) is 5.92 Å². The van der Waals surface area contributed by atoms with E-state index in [2.05, 4.69) is 21.8 Å². The van der Waals surface area contributed by atoms with E-state index in [0.717, 1.165) is 31.9 Å². The minimum atomic E-state index is 0.0107. The Bertz CT molecular complexity index is 428. The topological polar surface area (TPSA) is 50.2 Å². The lowest BCUT2D eigenvalue weighted by molar-refractivity contribution is -0.135. The predicted octanol–water partition coefficient (Wildman–Crippen LogP) is 0.223. The average molecular weight is 234 g/mol. The highest BCUT2D eigenvalue weighted by atomic mass is 16.2. The van der Waals surface area contributed by atoms with Gasteiger partial charge in [-0.3, -0.25) is 4.79 Å². The van der Waals surface area contributed by atoms with Crippen LogP contribution in [0.3, 0.4) is 0 Å². The molecule has 1 amide bonds. The van der Waals surface area contributed by atoms with Crippen molar-refractivity contribution >= 4 is 5.91 Å². The lowest BCUT2D eigenvalue weighted by Gasteiger charge is -2.30. The van der Waals surface area contributed by atoms with Crippen LogP contribution < -0.4 is 5.32 Å². The second kappa shape index (κ2) is 4.14. The zero-order valence-electron chi connectivity index (χ0n) is 10.1. The van der Waals surface area contributed by atoms with Gasteiger partial charge in [0.05, 0.1) is 12.6 Å². The third-order valence-corrected chi connectivity index (χ3v) is 3.86. The van der Waals surface area contributed by atoms with Crippen LogP contribution in [-0.2, 0) is 17.9 Å². The Morgan fingerprint density at radius 3 is 3.18 bits per heavy atom. The van der Waals surface area contributed by atoms with E-state index in [9.17, 15) is 4.79 Å². The van der Waals surface area contributed by atoms with E-state index in [1.54, 1.807) is 6.20 Å². The molecule has 5 nitrogen and oxygen atoms in total. The number of aromatic nitrogens is 2. The molecule has 1 fully saturated rings. The van der Waals surface area contributed by atoms with E-state index < -0.39 is 0 Å². The Morgan fingerprint density at radius 2 is 2.41 bits per heavy atom. The Balaban J connectivity index is 1.72. The molecule has 0 aliphatic carbocycles. The molecule has 1 N–H and O–H groups in total. The van der Waals surface area contributed by atoms with Crippen molar-refractivity contribution in [3.63, 3.8) is 0 Å². The lowest BCUT2D eigenvalue weighted by Crippen LogP contribution is -2.48. The van der Waals surface area contributed by atoms with Crippen molar-refractivity contribution in [2.24, 2.45) is 5.92 Å². The largest absolute Gasteiger partial charge is 0.332 e. The molecular formula is C12H18N4O. The maximum atomic E-state index is 12.4. The zero-order valence-corrected chi connectivity index (χ0v) is 10.1. The lowest BCUT2D eigenvalue weighted by atomic mass is 10.0. The third-order valence-electron chi connectivity index (χ3n) is 3.86. The maximum absolute atomic E-state index is 12.4. The average Bonchev–Trinajstić information content (AvgIpc) is 2.95. The van der Waals surface area contributed by atoms with Gasteiger partial charge in [-0.05, 0) is 18.9 Å². The number of hydrogen-bond acceptors (Lipinski definition) is 3. The van der Waals surface area contributed by atoms with Gasteiger partial charge in [0.15, 0.2) is 0 Å². The summed E-state index contributed by atoms with van der Waals surface area (Å²) in [5.41, 5.74) is 0. The molecule has 1 aromatic heterocycles. The van der Waals surface area contributed by atoms with Crippen molar-refractivity contribution in [1.29, 1.82) is 0 Å². The fourth-order valence-corrected chi connectivity index (χ4v) is 2.72. The first-order valence-corrected chi connectivity index (χ1v) is 6.28. The summed E-state index contributed by atoms with van der Waals surface area (Å²) < 4.78 is 2.12. The van der Waals surface area contributed by atoms with Crippen LogP contribution in [0.5, 0.6) is 0 Å². The summed E-state index contributed by atoms with van der Waals surface area (Å²) in [6.45, 7) is 5.42. The van der Waals surface area contributed by atoms with Crippen LogP contribution in [0.4, 0.5) is 0 Å². The molecule has 3 heterocycles. The first-order chi connectivity index (χ1) is 8.25. The van der Waals surface area contributed by atoms with Crippen molar-refractivity contribution < 1.29 is 4.79 Å². The molecule has 1 saturated heterocycles. The predicted molar refractivity (Wildman–Crippen MR) is 63.2 cm³/mol. The number of nitrogens with zero attached hydrogens (tertiary/aromatic N) is 3. The fourth-order valence-electron chi connectivity index (χ4n) is 2.72. The molecular weight excluding hydrogens is 216 g/mol. The number of fused-ring (bicyclic) bond motifs is 1. The molecule has 0 aromatic carbocycles. The standard InChI is InChI=1S/C12H18N4O/c1-9-2-3-14-11(9)12(17)16-7-6-15-5-4-13-10(15)8-16/h4-5,9,11,14H,2-3,6-8H2,1H3. The number of amides is 1. The molecule has 92 valence electrons. The fraction of sp³-hybridized carbons (Fsp3) is 0.667. The quantitative estimate of drug-likeness (QED) is 0.756. The van der Waals surface area contributed by atoms with Crippen LogP contribution in [-0.4, -0.2) is 39.5 Å². The summed E-state index contributed by atoms with van der Waals surface area (Å²) in [6, 6.07) is 0.0107. The first kappa shape index (κ1) is 10.8. The molecule has 5 heteroatoms. The Labute approximate surface area is 101 Å². The van der Waals surface area contributed by atoms with Gasteiger partial charge in [-0.2, -0.15) is 0 Å². The van der Waals surface area contributed by atoms with Gasteiger partial charge in [-0.25, -0.2) is 4.98 Å². The number of imidazole rings is 1. The number of nitrogens with one attached hydrogen (secondary N) is 1. The number of carbonyl (C=O) groups is 1. The molecule has 2 unspecified atom stereocenters. The summed E-state index contributed by atoms with van der Waals surface area (Å²) in [7, 11) is 0. The van der Waals surface area contributed by atoms with Crippen LogP contribution in [0.25, 0.3) is 0 Å². The minimum absolute atomic E-state index is 0.0107. The normalized spacial score (nSPS) is 28.2. The van der Waals surface area contributed by atoms with Crippen LogP contribution in [0.1, 0.15) is 19.2 Å². The summed E-state index contributed by atoms with van der Waals surface area (Å²) in [4.78, 5) is 18.6. The highest BCUT2D eigenvalue weighted by Crippen LogP contribution is 2.19. The second-order valence-electron chi connectivity index (χ2n) is 4.99. The van der Waals surface area contributed by atoms with E-state index in [-0.39, 0.29) is 11.9 Å². The van der Waals surface area contributed by atoms with E-state index in [4.69, 9.17) is 0 Å². The molecule has 0 spiro atoms. The second-order valence-corrected chi connectivity index (χ2v) is 4.99. The molecule has 1 aromatic rings. The summed E-state index contributed by atoms with van der Waals surface area (Å²) >= 11 is 0. The van der Waals surface area contributed by atoms with Crippen molar-refractivity contribution in [2.45, 2.75) is 32.5 Å². The highest BCUT2D eigenvalue weighted by Gasteiger charge is 2.33. The Kier molecular flexibility index (Phi) is 2.63. The molecule has 0 saturated carbocycles. The third kappa shape index (κ3) is 1.84. The first-order valence-electron chi connectivity index (χ1n) is 6.28. The molecule has 2 aliphatic heterocycles. The van der Waals surface area contributed by atoms with E-state index in [1.165, 1.54) is 0 Å². The van der Waals surface area contributed by atoms with Crippen molar-refractivity contribution in [3.05, 3.63) is 18.2 Å². The SMILES string of the molecule is CC1CCNC1C(=O)N1CCn2ccnc2C1. The van der Waals surface area contributed by atoms with E-state index >= 15 is 0 Å². The molecule has 0 radical (unpaired) electrons. The summed E-state index contributed by atoms with van der Waals surface area (Å²) in [5, 5.41) is 3.30. The van der Waals surface area contributed by atoms with Crippen molar-refractivity contribution in [2.75, 3.05) is 13.1 Å². The van der Waals surface area contributed by atoms with Gasteiger partial charge in [0.1, 0.15) is 5.82 Å². The zero-order chi connectivity index (χ0) is 11.8. The van der Waals surface area contributed by atoms with E-state index in [0.29, 0.717) is 12.5 Å². The molecule has 17 heavy (non-hydrogen) atoms. The van der Waals surface area contributed by atoms with E-state index in [1.807, 2.05) is 11.1 Å². The number of rotatable bonds is 1. The Morgan fingerprint density at radius 1 is 1.53 bits per heavy atom. The molecule has 0 bridgehead atoms. The van der Waals surface area contributed by atoms with Crippen molar-refractivity contribution in [1.82, 2.24) is 19.8 Å². The Hall–Kier alpha value is -1.36. The smallest absolute Gasteiger partial charge is 0.240 e. The minimum Gasteiger partial charge on any atom is -0.332 e. The molecule has 2 atom stereocenters. The van der Waals surface area contributed by atoms with Gasteiger partial charge in [0, 0.05) is 25.5 Å². The highest BCUT2D eigenvalue weighted by molar-refractivity contribution is 5.82. The van der Waals surface area contributed by atoms with Gasteiger partial charge < -0.3 is 14.8 Å². The summed E-state index contributed by atoms with van der Waals surface area (Å²) in [5.74, 6) is 1.68. The van der Waals surface area contributed by atoms with Crippen LogP contribution >= 0.6 is 0 Å². The summed E-state index contributed by atoms with van der Waals surface area (Å²) in [6.07, 6.45) is 4.88. The van der Waals surface area contributed by atoms with Crippen molar-refractivity contribution in [3.8, 4) is 0 Å². The maximum Gasteiger partial charge on any atom is 0.240 e. The van der Waals surface area contributed by atoms with Crippen LogP contribution in [0.2, 0.25) is 0 Å². The van der Waals surface area contributed by atoms with Gasteiger partial charge in [0.25, 0.3) is 0 Å². The number of carbonyl (C=O) groups excluding carboxylic acids is 1. The monoisotopic (exact) mass is 234 g/mol. The van der Waals surface area contributed by atoms with Gasteiger partial charge in [-0.1, -0.05) is 6.92 Å². The molecule has 3 rings (SSSR count). The molecule has 2 aliphatic rings. The van der Waals surface area contributed by atoms with Gasteiger partial charge >= 0.3 is 0 Å².